The summed E-state index contributed by atoms with van der Waals surface area (Å²) in [6.45, 7) is 8.66. The Hall–Kier alpha value is -0.900. The van der Waals surface area contributed by atoms with Crippen LogP contribution in [-0.2, 0) is 6.54 Å². The predicted molar refractivity (Wildman–Crippen MR) is 81.0 cm³/mol. The van der Waals surface area contributed by atoms with Gasteiger partial charge in [-0.1, -0.05) is 37.3 Å². The molecule has 2 N–H and O–H groups in total. The van der Waals surface area contributed by atoms with Crippen LogP contribution in [-0.4, -0.2) is 48.6 Å². The van der Waals surface area contributed by atoms with Gasteiger partial charge >= 0.3 is 0 Å². The quantitative estimate of drug-likeness (QED) is 0.814. The first kappa shape index (κ1) is 14.5. The first-order valence-corrected chi connectivity index (χ1v) is 7.54. The maximum absolute atomic E-state index is 5.70. The van der Waals surface area contributed by atoms with Crippen LogP contribution in [0.1, 0.15) is 25.3 Å². The molecule has 1 heterocycles. The maximum Gasteiger partial charge on any atom is 0.0234 e. The Morgan fingerprint density at radius 1 is 1.32 bits per heavy atom. The number of benzene rings is 1. The summed E-state index contributed by atoms with van der Waals surface area (Å²) in [7, 11) is 0. The lowest BCUT2D eigenvalue weighted by molar-refractivity contribution is 0.174. The minimum atomic E-state index is 0.701. The fourth-order valence-electron chi connectivity index (χ4n) is 3.01. The largest absolute Gasteiger partial charge is 0.329 e. The van der Waals surface area contributed by atoms with Crippen LogP contribution in [0.5, 0.6) is 0 Å². The van der Waals surface area contributed by atoms with Crippen LogP contribution < -0.4 is 5.73 Å². The van der Waals surface area contributed by atoms with Crippen molar-refractivity contribution in [3.05, 3.63) is 35.9 Å². The third-order valence-corrected chi connectivity index (χ3v) is 4.08. The number of rotatable bonds is 7. The van der Waals surface area contributed by atoms with Gasteiger partial charge in [0.25, 0.3) is 0 Å². The van der Waals surface area contributed by atoms with Crippen molar-refractivity contribution in [1.29, 1.82) is 0 Å². The maximum atomic E-state index is 5.70. The second kappa shape index (κ2) is 7.63. The average Bonchev–Trinajstić information content (AvgIpc) is 2.87. The minimum Gasteiger partial charge on any atom is -0.329 e. The normalized spacial score (nSPS) is 20.3. The zero-order chi connectivity index (χ0) is 13.5. The van der Waals surface area contributed by atoms with Gasteiger partial charge in [0.05, 0.1) is 0 Å². The van der Waals surface area contributed by atoms with Gasteiger partial charge in [-0.05, 0) is 31.5 Å². The van der Waals surface area contributed by atoms with Crippen molar-refractivity contribution in [3.8, 4) is 0 Å². The van der Waals surface area contributed by atoms with E-state index in [9.17, 15) is 0 Å². The van der Waals surface area contributed by atoms with Gasteiger partial charge in [-0.3, -0.25) is 9.80 Å². The highest BCUT2D eigenvalue weighted by atomic mass is 15.2. The lowest BCUT2D eigenvalue weighted by atomic mass is 10.1. The SMILES string of the molecule is CCN(Cc1ccccc1)CC1CCCN1CCN. The highest BCUT2D eigenvalue weighted by molar-refractivity contribution is 5.14. The van der Waals surface area contributed by atoms with Crippen LogP contribution >= 0.6 is 0 Å². The summed E-state index contributed by atoms with van der Waals surface area (Å²) in [5.74, 6) is 0. The average molecular weight is 261 g/mol. The van der Waals surface area contributed by atoms with Crippen molar-refractivity contribution in [3.63, 3.8) is 0 Å². The van der Waals surface area contributed by atoms with Gasteiger partial charge in [-0.25, -0.2) is 0 Å². The summed E-state index contributed by atoms with van der Waals surface area (Å²) < 4.78 is 0. The second-order valence-electron chi connectivity index (χ2n) is 5.43. The molecule has 19 heavy (non-hydrogen) atoms. The van der Waals surface area contributed by atoms with Crippen molar-refractivity contribution in [2.75, 3.05) is 32.7 Å². The number of hydrogen-bond donors (Lipinski definition) is 1. The fraction of sp³-hybridized carbons (Fsp3) is 0.625. The number of nitrogens with two attached hydrogens (primary N) is 1. The van der Waals surface area contributed by atoms with Gasteiger partial charge in [0, 0.05) is 32.2 Å². The van der Waals surface area contributed by atoms with E-state index < -0.39 is 0 Å². The number of likely N-dealkylation sites (tertiary alicyclic amines) is 1. The third-order valence-electron chi connectivity index (χ3n) is 4.08. The van der Waals surface area contributed by atoms with Crippen LogP contribution in [0.3, 0.4) is 0 Å². The molecule has 0 bridgehead atoms. The molecule has 0 spiro atoms. The van der Waals surface area contributed by atoms with Crippen LogP contribution in [0.2, 0.25) is 0 Å². The lowest BCUT2D eigenvalue weighted by Crippen LogP contribution is -2.42. The molecule has 3 nitrogen and oxygen atoms in total. The van der Waals surface area contributed by atoms with Gasteiger partial charge in [0.15, 0.2) is 0 Å². The van der Waals surface area contributed by atoms with Gasteiger partial charge in [-0.2, -0.15) is 0 Å². The van der Waals surface area contributed by atoms with Crippen LogP contribution in [0, 0.1) is 0 Å². The van der Waals surface area contributed by atoms with Crippen molar-refractivity contribution < 1.29 is 0 Å². The molecule has 0 saturated carbocycles. The topological polar surface area (TPSA) is 32.5 Å². The Bertz CT molecular complexity index is 352. The molecule has 1 aromatic rings. The van der Waals surface area contributed by atoms with Gasteiger partial charge in [-0.15, -0.1) is 0 Å². The number of hydrogen-bond acceptors (Lipinski definition) is 3. The minimum absolute atomic E-state index is 0.701. The van der Waals surface area contributed by atoms with Gasteiger partial charge in [0.1, 0.15) is 0 Å². The third kappa shape index (κ3) is 4.30. The first-order valence-electron chi connectivity index (χ1n) is 7.54. The Labute approximate surface area is 117 Å². The Balaban J connectivity index is 1.88. The predicted octanol–water partition coefficient (Wildman–Crippen LogP) is 1.93. The van der Waals surface area contributed by atoms with E-state index in [1.165, 1.54) is 31.5 Å². The Kier molecular flexibility index (Phi) is 5.83. The molecule has 1 aliphatic heterocycles. The van der Waals surface area contributed by atoms with Crippen LogP contribution in [0.25, 0.3) is 0 Å². The molecule has 3 heteroatoms. The van der Waals surface area contributed by atoms with Crippen molar-refractivity contribution >= 4 is 0 Å². The Morgan fingerprint density at radius 3 is 2.79 bits per heavy atom. The molecule has 1 unspecified atom stereocenters. The summed E-state index contributed by atoms with van der Waals surface area (Å²) in [5, 5.41) is 0. The standard InChI is InChI=1S/C16H27N3/c1-2-18(13-15-7-4-3-5-8-15)14-16-9-6-11-19(16)12-10-17/h3-5,7-8,16H,2,6,9-14,17H2,1H3. The van der Waals surface area contributed by atoms with E-state index in [-0.39, 0.29) is 0 Å². The van der Waals surface area contributed by atoms with Crippen LogP contribution in [0.15, 0.2) is 30.3 Å². The van der Waals surface area contributed by atoms with E-state index in [0.717, 1.165) is 26.2 Å². The number of nitrogens with zero attached hydrogens (tertiary/aromatic N) is 2. The summed E-state index contributed by atoms with van der Waals surface area (Å²) in [6.07, 6.45) is 2.65. The van der Waals surface area contributed by atoms with Gasteiger partial charge in [0.2, 0.25) is 0 Å². The van der Waals surface area contributed by atoms with Gasteiger partial charge < -0.3 is 5.73 Å². The fourth-order valence-corrected chi connectivity index (χ4v) is 3.01. The lowest BCUT2D eigenvalue weighted by Gasteiger charge is -2.30. The molecule has 0 aromatic heterocycles. The molecule has 1 aliphatic rings. The molecule has 1 aromatic carbocycles. The smallest absolute Gasteiger partial charge is 0.0234 e. The number of likely N-dealkylation sites (N-methyl/N-ethyl adjacent to an activating group) is 1. The van der Waals surface area contributed by atoms with E-state index in [0.29, 0.717) is 6.04 Å². The second-order valence-corrected chi connectivity index (χ2v) is 5.43. The monoisotopic (exact) mass is 261 g/mol. The molecule has 0 radical (unpaired) electrons. The highest BCUT2D eigenvalue weighted by Gasteiger charge is 2.25. The van der Waals surface area contributed by atoms with Crippen LogP contribution in [0.4, 0.5) is 0 Å². The highest BCUT2D eigenvalue weighted by Crippen LogP contribution is 2.18. The molecular weight excluding hydrogens is 234 g/mol. The van der Waals surface area contributed by atoms with Crippen molar-refractivity contribution in [2.45, 2.75) is 32.4 Å². The summed E-state index contributed by atoms with van der Waals surface area (Å²) >= 11 is 0. The van der Waals surface area contributed by atoms with E-state index in [4.69, 9.17) is 5.73 Å². The molecule has 0 aliphatic carbocycles. The van der Waals surface area contributed by atoms with E-state index in [1.807, 2.05) is 0 Å². The van der Waals surface area contributed by atoms with E-state index >= 15 is 0 Å². The first-order chi connectivity index (χ1) is 9.33. The van der Waals surface area contributed by atoms with Crippen molar-refractivity contribution in [2.24, 2.45) is 5.73 Å². The van der Waals surface area contributed by atoms with E-state index in [2.05, 4.69) is 47.1 Å². The molecule has 1 saturated heterocycles. The molecular formula is C16H27N3. The summed E-state index contributed by atoms with van der Waals surface area (Å²) in [5.41, 5.74) is 7.11. The molecule has 1 atom stereocenters. The zero-order valence-corrected chi connectivity index (χ0v) is 12.1. The summed E-state index contributed by atoms with van der Waals surface area (Å²) in [4.78, 5) is 5.11. The summed E-state index contributed by atoms with van der Waals surface area (Å²) in [6, 6.07) is 11.5. The molecule has 1 fully saturated rings. The molecule has 0 amide bonds. The molecule has 2 rings (SSSR count). The Morgan fingerprint density at radius 2 is 2.11 bits per heavy atom. The van der Waals surface area contributed by atoms with E-state index in [1.54, 1.807) is 0 Å². The molecule has 106 valence electrons. The zero-order valence-electron chi connectivity index (χ0n) is 12.1. The van der Waals surface area contributed by atoms with Crippen molar-refractivity contribution in [1.82, 2.24) is 9.80 Å².